The molecule has 20 heavy (non-hydrogen) atoms. The van der Waals surface area contributed by atoms with Gasteiger partial charge >= 0.3 is 5.97 Å². The SMILES string of the molecule is CCCCC[C@@H]1CO[C@@H](c2ccccc2C(=O)O)CO1. The highest BCUT2D eigenvalue weighted by Crippen LogP contribution is 2.27. The third kappa shape index (κ3) is 3.81. The van der Waals surface area contributed by atoms with Crippen LogP contribution in [0.1, 0.15) is 54.6 Å². The molecule has 0 aliphatic carbocycles. The van der Waals surface area contributed by atoms with Gasteiger partial charge in [0, 0.05) is 0 Å². The van der Waals surface area contributed by atoms with Gasteiger partial charge in [0.1, 0.15) is 6.10 Å². The maximum absolute atomic E-state index is 11.2. The van der Waals surface area contributed by atoms with Gasteiger partial charge in [0.2, 0.25) is 0 Å². The zero-order chi connectivity index (χ0) is 14.4. The first-order valence-electron chi connectivity index (χ1n) is 7.27. The molecule has 1 aliphatic heterocycles. The van der Waals surface area contributed by atoms with Crippen molar-refractivity contribution in [1.82, 2.24) is 0 Å². The highest BCUT2D eigenvalue weighted by atomic mass is 16.6. The van der Waals surface area contributed by atoms with Crippen LogP contribution in [-0.4, -0.2) is 30.4 Å². The highest BCUT2D eigenvalue weighted by molar-refractivity contribution is 5.89. The van der Waals surface area contributed by atoms with Gasteiger partial charge in [-0.1, -0.05) is 44.4 Å². The first-order chi connectivity index (χ1) is 9.72. The second-order valence-corrected chi connectivity index (χ2v) is 5.17. The molecule has 1 aliphatic rings. The first-order valence-corrected chi connectivity index (χ1v) is 7.27. The molecular formula is C16H22O4. The number of rotatable bonds is 6. The van der Waals surface area contributed by atoms with Gasteiger partial charge in [-0.25, -0.2) is 4.79 Å². The fourth-order valence-corrected chi connectivity index (χ4v) is 2.48. The standard InChI is InChI=1S/C16H22O4/c1-2-3-4-7-12-10-20-15(11-19-12)13-8-5-6-9-14(13)16(17)18/h5-6,8-9,12,15H,2-4,7,10-11H2,1H3,(H,17,18)/t12-,15-/m1/s1. The molecule has 4 nitrogen and oxygen atoms in total. The Morgan fingerprint density at radius 1 is 1.25 bits per heavy atom. The molecule has 0 bridgehead atoms. The van der Waals surface area contributed by atoms with Crippen molar-refractivity contribution in [2.24, 2.45) is 0 Å². The lowest BCUT2D eigenvalue weighted by atomic mass is 10.0. The molecule has 2 atom stereocenters. The monoisotopic (exact) mass is 278 g/mol. The fraction of sp³-hybridized carbons (Fsp3) is 0.562. The Morgan fingerprint density at radius 3 is 2.70 bits per heavy atom. The minimum Gasteiger partial charge on any atom is -0.478 e. The van der Waals surface area contributed by atoms with E-state index in [2.05, 4.69) is 6.92 Å². The fourth-order valence-electron chi connectivity index (χ4n) is 2.48. The number of benzene rings is 1. The third-order valence-corrected chi connectivity index (χ3v) is 3.63. The Kier molecular flexibility index (Phi) is 5.56. The van der Waals surface area contributed by atoms with Gasteiger partial charge in [0.05, 0.1) is 24.9 Å². The van der Waals surface area contributed by atoms with Gasteiger partial charge in [0.15, 0.2) is 0 Å². The van der Waals surface area contributed by atoms with Crippen LogP contribution >= 0.6 is 0 Å². The van der Waals surface area contributed by atoms with E-state index in [0.717, 1.165) is 12.8 Å². The summed E-state index contributed by atoms with van der Waals surface area (Å²) < 4.78 is 11.6. The van der Waals surface area contributed by atoms with E-state index < -0.39 is 5.97 Å². The molecule has 1 fully saturated rings. The second-order valence-electron chi connectivity index (χ2n) is 5.17. The van der Waals surface area contributed by atoms with Crippen molar-refractivity contribution in [1.29, 1.82) is 0 Å². The molecule has 1 N–H and O–H groups in total. The molecule has 0 saturated carbocycles. The summed E-state index contributed by atoms with van der Waals surface area (Å²) in [6.07, 6.45) is 4.45. The van der Waals surface area contributed by atoms with Gasteiger partial charge in [0.25, 0.3) is 0 Å². The molecule has 1 aromatic carbocycles. The maximum Gasteiger partial charge on any atom is 0.336 e. The Bertz CT molecular complexity index is 436. The molecule has 0 radical (unpaired) electrons. The lowest BCUT2D eigenvalue weighted by Crippen LogP contribution is -2.31. The van der Waals surface area contributed by atoms with Crippen LogP contribution in [0.15, 0.2) is 24.3 Å². The lowest BCUT2D eigenvalue weighted by Gasteiger charge is -2.30. The van der Waals surface area contributed by atoms with Crippen molar-refractivity contribution in [2.75, 3.05) is 13.2 Å². The normalized spacial score (nSPS) is 22.6. The maximum atomic E-state index is 11.2. The van der Waals surface area contributed by atoms with Crippen LogP contribution in [-0.2, 0) is 9.47 Å². The van der Waals surface area contributed by atoms with E-state index in [1.165, 1.54) is 12.8 Å². The van der Waals surface area contributed by atoms with Crippen molar-refractivity contribution in [3.05, 3.63) is 35.4 Å². The van der Waals surface area contributed by atoms with Crippen LogP contribution in [0.2, 0.25) is 0 Å². The Balaban J connectivity index is 1.92. The van der Waals surface area contributed by atoms with E-state index in [9.17, 15) is 9.90 Å². The van der Waals surface area contributed by atoms with Crippen LogP contribution in [0.4, 0.5) is 0 Å². The number of hydrogen-bond acceptors (Lipinski definition) is 3. The van der Waals surface area contributed by atoms with E-state index >= 15 is 0 Å². The van der Waals surface area contributed by atoms with E-state index in [1.807, 2.05) is 6.07 Å². The number of carbonyl (C=O) groups is 1. The van der Waals surface area contributed by atoms with E-state index in [4.69, 9.17) is 9.47 Å². The molecule has 0 unspecified atom stereocenters. The van der Waals surface area contributed by atoms with Gasteiger partial charge in [-0.2, -0.15) is 0 Å². The number of carboxylic acid groups (broad SMARTS) is 1. The predicted octanol–water partition coefficient (Wildman–Crippen LogP) is 3.42. The highest BCUT2D eigenvalue weighted by Gasteiger charge is 2.26. The largest absolute Gasteiger partial charge is 0.478 e. The lowest BCUT2D eigenvalue weighted by molar-refractivity contribution is -0.137. The number of carboxylic acids is 1. The Labute approximate surface area is 119 Å². The summed E-state index contributed by atoms with van der Waals surface area (Å²) in [7, 11) is 0. The molecule has 4 heteroatoms. The Morgan fingerprint density at radius 2 is 2.05 bits per heavy atom. The first kappa shape index (κ1) is 15.0. The van der Waals surface area contributed by atoms with Gasteiger partial charge in [-0.05, 0) is 18.1 Å². The van der Waals surface area contributed by atoms with Crippen LogP contribution in [0, 0.1) is 0 Å². The van der Waals surface area contributed by atoms with Crippen molar-refractivity contribution in [2.45, 2.75) is 44.8 Å². The minimum atomic E-state index is -0.922. The number of hydrogen-bond donors (Lipinski definition) is 1. The van der Waals surface area contributed by atoms with Crippen LogP contribution < -0.4 is 0 Å². The number of unbranched alkanes of at least 4 members (excludes halogenated alkanes) is 2. The summed E-state index contributed by atoms with van der Waals surface area (Å²) in [4.78, 5) is 11.2. The third-order valence-electron chi connectivity index (χ3n) is 3.63. The molecule has 1 saturated heterocycles. The van der Waals surface area contributed by atoms with E-state index in [1.54, 1.807) is 18.2 Å². The molecule has 110 valence electrons. The second kappa shape index (κ2) is 7.41. The number of aromatic carboxylic acids is 1. The minimum absolute atomic E-state index is 0.148. The summed E-state index contributed by atoms with van der Waals surface area (Å²) >= 11 is 0. The van der Waals surface area contributed by atoms with E-state index in [-0.39, 0.29) is 12.2 Å². The average Bonchev–Trinajstić information content (AvgIpc) is 2.48. The van der Waals surface area contributed by atoms with E-state index in [0.29, 0.717) is 24.3 Å². The van der Waals surface area contributed by atoms with Crippen molar-refractivity contribution in [3.63, 3.8) is 0 Å². The smallest absolute Gasteiger partial charge is 0.336 e. The van der Waals surface area contributed by atoms with Crippen molar-refractivity contribution in [3.8, 4) is 0 Å². The van der Waals surface area contributed by atoms with Crippen LogP contribution in [0.5, 0.6) is 0 Å². The summed E-state index contributed by atoms with van der Waals surface area (Å²) in [5, 5.41) is 9.20. The topological polar surface area (TPSA) is 55.8 Å². The van der Waals surface area contributed by atoms with Crippen LogP contribution in [0.3, 0.4) is 0 Å². The molecule has 0 aromatic heterocycles. The van der Waals surface area contributed by atoms with Gasteiger partial charge in [-0.3, -0.25) is 0 Å². The molecule has 1 aromatic rings. The van der Waals surface area contributed by atoms with Gasteiger partial charge < -0.3 is 14.6 Å². The number of ether oxygens (including phenoxy) is 2. The summed E-state index contributed by atoms with van der Waals surface area (Å²) in [5.41, 5.74) is 0.998. The molecule has 2 rings (SSSR count). The summed E-state index contributed by atoms with van der Waals surface area (Å²) in [6, 6.07) is 6.96. The average molecular weight is 278 g/mol. The molecule has 0 spiro atoms. The summed E-state index contributed by atoms with van der Waals surface area (Å²) in [6.45, 7) is 3.15. The van der Waals surface area contributed by atoms with Gasteiger partial charge in [-0.15, -0.1) is 0 Å². The predicted molar refractivity (Wildman–Crippen MR) is 76.0 cm³/mol. The van der Waals surface area contributed by atoms with Crippen molar-refractivity contribution >= 4 is 5.97 Å². The zero-order valence-corrected chi connectivity index (χ0v) is 11.9. The zero-order valence-electron chi connectivity index (χ0n) is 11.9. The van der Waals surface area contributed by atoms with Crippen LogP contribution in [0.25, 0.3) is 0 Å². The Hall–Kier alpha value is -1.39. The quantitative estimate of drug-likeness (QED) is 0.810. The molecule has 1 heterocycles. The molecule has 0 amide bonds. The molecular weight excluding hydrogens is 256 g/mol. The summed E-state index contributed by atoms with van der Waals surface area (Å²) in [5.74, 6) is -0.922. The van der Waals surface area contributed by atoms with Crippen molar-refractivity contribution < 1.29 is 19.4 Å².